The first-order chi connectivity index (χ1) is 20.3. The molecule has 1 saturated heterocycles. The van der Waals surface area contributed by atoms with Crippen LogP contribution < -0.4 is 20.9 Å². The van der Waals surface area contributed by atoms with E-state index >= 15 is 4.39 Å². The first kappa shape index (κ1) is 31.0. The van der Waals surface area contributed by atoms with Crippen LogP contribution in [0.25, 0.3) is 11.2 Å². The molecule has 1 aliphatic carbocycles. The number of rotatable bonds is 10. The predicted octanol–water partition coefficient (Wildman–Crippen LogP) is 2.07. The van der Waals surface area contributed by atoms with Crippen LogP contribution in [0.2, 0.25) is 0 Å². The lowest BCUT2D eigenvalue weighted by atomic mass is 9.95. The zero-order chi connectivity index (χ0) is 31.0. The number of nitrogen functional groups attached to an aromatic ring is 1. The van der Waals surface area contributed by atoms with Crippen LogP contribution in [-0.4, -0.2) is 72.0 Å². The highest BCUT2D eigenvalue weighted by Gasteiger charge is 2.64. The summed E-state index contributed by atoms with van der Waals surface area (Å²) in [7, 11) is -4.56. The molecule has 6 atom stereocenters. The Kier molecular flexibility index (Phi) is 8.62. The van der Waals surface area contributed by atoms with Crippen molar-refractivity contribution in [2.24, 2.45) is 0 Å². The molecule has 2 unspecified atom stereocenters. The molecule has 17 heteroatoms. The molecule has 43 heavy (non-hydrogen) atoms. The van der Waals surface area contributed by atoms with Gasteiger partial charge in [0.25, 0.3) is 11.4 Å². The van der Waals surface area contributed by atoms with Crippen LogP contribution in [0.5, 0.6) is 5.75 Å². The highest BCUT2D eigenvalue weighted by molar-refractivity contribution is 7.52. The van der Waals surface area contributed by atoms with Crippen LogP contribution in [0.3, 0.4) is 0 Å². The summed E-state index contributed by atoms with van der Waals surface area (Å²) in [4.78, 5) is 35.2. The number of esters is 1. The fourth-order valence-electron chi connectivity index (χ4n) is 5.13. The van der Waals surface area contributed by atoms with Crippen molar-refractivity contribution in [3.63, 3.8) is 0 Å². The van der Waals surface area contributed by atoms with E-state index in [1.165, 1.54) is 19.1 Å². The number of halogens is 1. The number of nitrogens with zero attached hydrogens (tertiary/aromatic N) is 3. The van der Waals surface area contributed by atoms with Crippen molar-refractivity contribution >= 4 is 30.8 Å². The molecule has 0 amide bonds. The second-order valence-corrected chi connectivity index (χ2v) is 12.6. The molecule has 3 aromatic rings. The van der Waals surface area contributed by atoms with Crippen LogP contribution in [-0.2, 0) is 23.4 Å². The highest BCUT2D eigenvalue weighted by atomic mass is 31.2. The maximum absolute atomic E-state index is 16.3. The van der Waals surface area contributed by atoms with E-state index in [0.29, 0.717) is 0 Å². The third-order valence-electron chi connectivity index (χ3n) is 7.41. The molecular formula is C26H34FN6O9P. The van der Waals surface area contributed by atoms with Gasteiger partial charge in [0.15, 0.2) is 17.4 Å². The molecule has 1 aliphatic heterocycles. The average Bonchev–Trinajstić information content (AvgIpc) is 3.46. The summed E-state index contributed by atoms with van der Waals surface area (Å²) in [5.41, 5.74) is 2.30. The molecule has 2 aromatic heterocycles. The van der Waals surface area contributed by atoms with Gasteiger partial charge in [-0.15, -0.1) is 0 Å². The summed E-state index contributed by atoms with van der Waals surface area (Å²) >= 11 is 0. The smallest absolute Gasteiger partial charge is 0.459 e. The number of hydrogen-bond donors (Lipinski definition) is 5. The molecule has 1 aromatic carbocycles. The van der Waals surface area contributed by atoms with Gasteiger partial charge in [-0.2, -0.15) is 10.1 Å². The number of nitrogens with two attached hydrogens (primary N) is 1. The number of hydrogen-bond acceptors (Lipinski definition) is 12. The lowest BCUT2D eigenvalue weighted by Gasteiger charge is -2.29. The second-order valence-electron chi connectivity index (χ2n) is 10.9. The monoisotopic (exact) mass is 624 g/mol. The summed E-state index contributed by atoms with van der Waals surface area (Å²) in [6.45, 7) is 1.27. The molecule has 1 saturated carbocycles. The molecule has 6 N–H and O–H groups in total. The molecular weight excluding hydrogens is 590 g/mol. The number of carbonyl (C=O) groups is 1. The number of nitrogens with one attached hydrogen (secondary N) is 2. The average molecular weight is 625 g/mol. The van der Waals surface area contributed by atoms with Gasteiger partial charge in [0.2, 0.25) is 5.95 Å². The number of para-hydroxylation sites is 1. The van der Waals surface area contributed by atoms with Gasteiger partial charge in [-0.25, -0.2) is 13.9 Å². The predicted molar refractivity (Wildman–Crippen MR) is 149 cm³/mol. The normalized spacial score (nSPS) is 28.4. The maximum Gasteiger partial charge on any atom is 0.459 e. The maximum atomic E-state index is 16.3. The Hall–Kier alpha value is -3.40. The van der Waals surface area contributed by atoms with Crippen molar-refractivity contribution in [3.8, 4) is 5.75 Å². The standard InChI is InChI=1S/C26H34FN6O9P/c1-15(21(35)40-16-9-5-3-6-10-16)32-43(38,42-17-11-7-4-8-12-17)39-13-26(27)22(36)25(2,37)23(41-26)33-14-29-18-19(33)30-24(28)31-20(18)34/h4,7-8,11-12,14-16,22-23,36-37H,3,5-6,9-10,13H2,1-2H3,(H,32,38)(H3,28,30,31,34)/t15?,22-,23+,25+,26+,43?/m0/s1. The first-order valence-electron chi connectivity index (χ1n) is 13.8. The summed E-state index contributed by atoms with van der Waals surface area (Å²) in [6.07, 6.45) is 1.21. The number of imidazole rings is 1. The van der Waals surface area contributed by atoms with Crippen molar-refractivity contribution in [3.05, 3.63) is 47.0 Å². The Balaban J connectivity index is 1.36. The fourth-order valence-corrected chi connectivity index (χ4v) is 6.63. The topological polar surface area (TPSA) is 213 Å². The molecule has 2 aliphatic rings. The summed E-state index contributed by atoms with van der Waals surface area (Å²) in [6, 6.07) is 6.65. The van der Waals surface area contributed by atoms with Crippen molar-refractivity contribution in [1.82, 2.24) is 24.6 Å². The van der Waals surface area contributed by atoms with Gasteiger partial charge in [0, 0.05) is 0 Å². The third kappa shape index (κ3) is 6.44. The number of aromatic nitrogens is 4. The van der Waals surface area contributed by atoms with Crippen molar-refractivity contribution in [2.75, 3.05) is 12.3 Å². The van der Waals surface area contributed by atoms with Gasteiger partial charge >= 0.3 is 13.7 Å². The largest absolute Gasteiger partial charge is 0.461 e. The van der Waals surface area contributed by atoms with Crippen LogP contribution in [0, 0.1) is 0 Å². The van der Waals surface area contributed by atoms with Crippen molar-refractivity contribution < 1.29 is 42.5 Å². The Morgan fingerprint density at radius 1 is 1.33 bits per heavy atom. The number of ether oxygens (including phenoxy) is 2. The fraction of sp³-hybridized carbons (Fsp3) is 0.538. The quantitative estimate of drug-likeness (QED) is 0.162. The molecule has 0 spiro atoms. The van der Waals surface area contributed by atoms with E-state index in [4.69, 9.17) is 24.3 Å². The zero-order valence-corrected chi connectivity index (χ0v) is 24.4. The first-order valence-corrected chi connectivity index (χ1v) is 15.3. The number of benzene rings is 1. The molecule has 0 bridgehead atoms. The van der Waals surface area contributed by atoms with E-state index in [1.54, 1.807) is 18.2 Å². The molecule has 15 nitrogen and oxygen atoms in total. The van der Waals surface area contributed by atoms with E-state index in [9.17, 15) is 24.4 Å². The van der Waals surface area contributed by atoms with E-state index in [2.05, 4.69) is 20.0 Å². The van der Waals surface area contributed by atoms with E-state index in [1.807, 2.05) is 0 Å². The van der Waals surface area contributed by atoms with Crippen LogP contribution >= 0.6 is 7.75 Å². The number of fused-ring (bicyclic) bond motifs is 1. The van der Waals surface area contributed by atoms with E-state index in [-0.39, 0.29) is 29.0 Å². The lowest BCUT2D eigenvalue weighted by molar-refractivity contribution is -0.202. The van der Waals surface area contributed by atoms with Gasteiger partial charge in [0.05, 0.1) is 6.33 Å². The number of anilines is 1. The van der Waals surface area contributed by atoms with Crippen LogP contribution in [0.15, 0.2) is 41.5 Å². The number of aliphatic hydroxyl groups excluding tert-OH is 1. The van der Waals surface area contributed by atoms with E-state index < -0.39 is 55.7 Å². The van der Waals surface area contributed by atoms with Crippen LogP contribution in [0.4, 0.5) is 10.3 Å². The SMILES string of the molecule is CC(NP(=O)(OC[C@@]1(F)O[C@@H](n2cnc3c(=O)[nH]c(N)nc32)[C@](C)(O)[C@@H]1O)Oc1ccccc1)C(=O)OC1CCCCC1. The third-order valence-corrected chi connectivity index (χ3v) is 9.04. The van der Waals surface area contributed by atoms with Gasteiger partial charge in [-0.3, -0.25) is 23.7 Å². The van der Waals surface area contributed by atoms with Gasteiger partial charge in [-0.05, 0) is 51.7 Å². The molecule has 5 rings (SSSR count). The summed E-state index contributed by atoms with van der Waals surface area (Å²) in [5, 5.41) is 24.5. The molecule has 2 fully saturated rings. The van der Waals surface area contributed by atoms with Crippen molar-refractivity contribution in [1.29, 1.82) is 0 Å². The second kappa shape index (κ2) is 11.9. The number of aliphatic hydroxyl groups is 2. The molecule has 234 valence electrons. The Morgan fingerprint density at radius 3 is 2.72 bits per heavy atom. The summed E-state index contributed by atoms with van der Waals surface area (Å²) < 4.78 is 53.2. The Morgan fingerprint density at radius 2 is 2.02 bits per heavy atom. The number of aromatic amines is 1. The highest BCUT2D eigenvalue weighted by Crippen LogP contribution is 2.50. The zero-order valence-electron chi connectivity index (χ0n) is 23.5. The minimum atomic E-state index is -4.56. The van der Waals surface area contributed by atoms with Crippen LogP contribution in [0.1, 0.15) is 52.2 Å². The van der Waals surface area contributed by atoms with Gasteiger partial charge in [-0.1, -0.05) is 24.6 Å². The summed E-state index contributed by atoms with van der Waals surface area (Å²) in [5.74, 6) is -4.05. The van der Waals surface area contributed by atoms with Crippen molar-refractivity contribution in [2.45, 2.75) is 81.9 Å². The van der Waals surface area contributed by atoms with E-state index in [0.717, 1.165) is 49.9 Å². The number of carbonyl (C=O) groups excluding carboxylic acids is 1. The van der Waals surface area contributed by atoms with Gasteiger partial charge in [0.1, 0.15) is 36.2 Å². The number of H-pyrrole nitrogens is 1. The molecule has 3 heterocycles. The van der Waals surface area contributed by atoms with Gasteiger partial charge < -0.3 is 29.9 Å². The Labute approximate surface area is 245 Å². The lowest BCUT2D eigenvalue weighted by Crippen LogP contribution is -2.49. The minimum absolute atomic E-state index is 0.0793. The minimum Gasteiger partial charge on any atom is -0.461 e. The number of alkyl halides is 1. The Bertz CT molecular complexity index is 1560. The molecule has 0 radical (unpaired) electrons.